The van der Waals surface area contributed by atoms with E-state index in [1.807, 2.05) is 13.8 Å². The van der Waals surface area contributed by atoms with E-state index in [4.69, 9.17) is 0 Å². The van der Waals surface area contributed by atoms with Gasteiger partial charge in [-0.15, -0.1) is 0 Å². The molecule has 0 bridgehead atoms. The molecule has 0 atom stereocenters. The van der Waals surface area contributed by atoms with Crippen molar-refractivity contribution in [1.82, 2.24) is 20.2 Å². The van der Waals surface area contributed by atoms with Gasteiger partial charge in [-0.25, -0.2) is 4.98 Å². The van der Waals surface area contributed by atoms with E-state index >= 15 is 0 Å². The van der Waals surface area contributed by atoms with Crippen molar-refractivity contribution in [3.63, 3.8) is 0 Å². The number of nitrogens with zero attached hydrogens (tertiary/aromatic N) is 2. The van der Waals surface area contributed by atoms with E-state index in [0.717, 1.165) is 24.4 Å². The van der Waals surface area contributed by atoms with Crippen LogP contribution in [0.25, 0.3) is 11.0 Å². The molecule has 0 amide bonds. The highest BCUT2D eigenvalue weighted by Gasteiger charge is 2.14. The minimum atomic E-state index is -0.132. The standard InChI is InChI=1S/C11H16N4O/c1-4-5-7-12-9-8(6(2)3)14-15-10(9)11(16)13-7/h6H,4-5H2,1-3H3,(H,14,15)(H,12,13,16). The van der Waals surface area contributed by atoms with Crippen molar-refractivity contribution in [3.05, 3.63) is 21.9 Å². The molecule has 0 aliphatic heterocycles. The Morgan fingerprint density at radius 3 is 2.75 bits per heavy atom. The minimum Gasteiger partial charge on any atom is -0.309 e. The van der Waals surface area contributed by atoms with Crippen molar-refractivity contribution in [2.45, 2.75) is 39.5 Å². The summed E-state index contributed by atoms with van der Waals surface area (Å²) in [7, 11) is 0. The van der Waals surface area contributed by atoms with Gasteiger partial charge in [0.15, 0.2) is 0 Å². The van der Waals surface area contributed by atoms with Gasteiger partial charge < -0.3 is 4.98 Å². The van der Waals surface area contributed by atoms with Gasteiger partial charge in [0.05, 0.1) is 5.69 Å². The fourth-order valence-corrected chi connectivity index (χ4v) is 1.74. The van der Waals surface area contributed by atoms with E-state index in [1.165, 1.54) is 0 Å². The first-order valence-corrected chi connectivity index (χ1v) is 5.60. The molecule has 16 heavy (non-hydrogen) atoms. The third kappa shape index (κ3) is 1.73. The summed E-state index contributed by atoms with van der Waals surface area (Å²) in [5.41, 5.74) is 1.91. The molecule has 0 saturated carbocycles. The molecule has 0 unspecified atom stereocenters. The topological polar surface area (TPSA) is 74.4 Å². The van der Waals surface area contributed by atoms with Gasteiger partial charge in [0.2, 0.25) is 0 Å². The van der Waals surface area contributed by atoms with Crippen LogP contribution >= 0.6 is 0 Å². The lowest BCUT2D eigenvalue weighted by atomic mass is 10.1. The van der Waals surface area contributed by atoms with Crippen LogP contribution in [0.15, 0.2) is 4.79 Å². The zero-order chi connectivity index (χ0) is 11.7. The lowest BCUT2D eigenvalue weighted by Crippen LogP contribution is -2.11. The second-order valence-electron chi connectivity index (χ2n) is 4.25. The van der Waals surface area contributed by atoms with Crippen molar-refractivity contribution in [3.8, 4) is 0 Å². The molecule has 0 aromatic carbocycles. The Hall–Kier alpha value is -1.65. The Bertz CT molecular complexity index is 553. The molecule has 0 spiro atoms. The van der Waals surface area contributed by atoms with Gasteiger partial charge >= 0.3 is 0 Å². The summed E-state index contributed by atoms with van der Waals surface area (Å²) in [5, 5.41) is 6.90. The van der Waals surface area contributed by atoms with Crippen molar-refractivity contribution in [1.29, 1.82) is 0 Å². The molecule has 5 nitrogen and oxygen atoms in total. The maximum atomic E-state index is 11.7. The van der Waals surface area contributed by atoms with Crippen LogP contribution in [0.5, 0.6) is 0 Å². The highest BCUT2D eigenvalue weighted by atomic mass is 16.1. The van der Waals surface area contributed by atoms with Gasteiger partial charge in [-0.1, -0.05) is 20.8 Å². The summed E-state index contributed by atoms with van der Waals surface area (Å²) < 4.78 is 0. The fourth-order valence-electron chi connectivity index (χ4n) is 1.74. The van der Waals surface area contributed by atoms with E-state index < -0.39 is 0 Å². The first-order valence-electron chi connectivity index (χ1n) is 5.60. The number of nitrogens with one attached hydrogen (secondary N) is 2. The molecule has 0 radical (unpaired) electrons. The van der Waals surface area contributed by atoms with E-state index in [0.29, 0.717) is 11.0 Å². The second kappa shape index (κ2) is 4.08. The summed E-state index contributed by atoms with van der Waals surface area (Å²) in [6.45, 7) is 6.14. The zero-order valence-corrected chi connectivity index (χ0v) is 9.79. The highest BCUT2D eigenvalue weighted by Crippen LogP contribution is 2.18. The Kier molecular flexibility index (Phi) is 2.77. The first-order chi connectivity index (χ1) is 7.63. The van der Waals surface area contributed by atoms with Gasteiger partial charge in [-0.3, -0.25) is 9.89 Å². The first kappa shape index (κ1) is 10.9. The number of aryl methyl sites for hydroxylation is 1. The molecular formula is C11H16N4O. The van der Waals surface area contributed by atoms with Gasteiger partial charge in [0.1, 0.15) is 16.9 Å². The van der Waals surface area contributed by atoms with Gasteiger partial charge in [-0.2, -0.15) is 5.10 Å². The summed E-state index contributed by atoms with van der Waals surface area (Å²) in [4.78, 5) is 19.0. The molecule has 0 fully saturated rings. The normalized spacial score (nSPS) is 11.5. The summed E-state index contributed by atoms with van der Waals surface area (Å²) in [6.07, 6.45) is 1.75. The Morgan fingerprint density at radius 1 is 1.38 bits per heavy atom. The van der Waals surface area contributed by atoms with Crippen LogP contribution in [-0.2, 0) is 6.42 Å². The summed E-state index contributed by atoms with van der Waals surface area (Å²) >= 11 is 0. The monoisotopic (exact) mass is 220 g/mol. The van der Waals surface area contributed by atoms with Crippen LogP contribution in [-0.4, -0.2) is 20.2 Å². The third-order valence-corrected chi connectivity index (χ3v) is 2.53. The van der Waals surface area contributed by atoms with Crippen LogP contribution in [0.1, 0.15) is 44.6 Å². The molecule has 0 aliphatic rings. The Labute approximate surface area is 93.3 Å². The third-order valence-electron chi connectivity index (χ3n) is 2.53. The van der Waals surface area contributed by atoms with E-state index in [2.05, 4.69) is 27.1 Å². The van der Waals surface area contributed by atoms with Crippen molar-refractivity contribution >= 4 is 11.0 Å². The highest BCUT2D eigenvalue weighted by molar-refractivity contribution is 5.76. The second-order valence-corrected chi connectivity index (χ2v) is 4.25. The predicted molar refractivity (Wildman–Crippen MR) is 62.6 cm³/mol. The van der Waals surface area contributed by atoms with Gasteiger partial charge in [-0.05, 0) is 12.3 Å². The van der Waals surface area contributed by atoms with Crippen LogP contribution in [0.2, 0.25) is 0 Å². The van der Waals surface area contributed by atoms with Crippen LogP contribution in [0.4, 0.5) is 0 Å². The average molecular weight is 220 g/mol. The number of rotatable bonds is 3. The molecule has 2 rings (SSSR count). The number of aromatic nitrogens is 4. The predicted octanol–water partition coefficient (Wildman–Crippen LogP) is 1.72. The van der Waals surface area contributed by atoms with Gasteiger partial charge in [0, 0.05) is 6.42 Å². The maximum Gasteiger partial charge on any atom is 0.276 e. The molecule has 2 N–H and O–H groups in total. The van der Waals surface area contributed by atoms with Crippen molar-refractivity contribution < 1.29 is 0 Å². The smallest absolute Gasteiger partial charge is 0.276 e. The largest absolute Gasteiger partial charge is 0.309 e. The molecule has 2 aromatic heterocycles. The molecule has 2 heterocycles. The van der Waals surface area contributed by atoms with Gasteiger partial charge in [0.25, 0.3) is 5.56 Å². The summed E-state index contributed by atoms with van der Waals surface area (Å²) in [6, 6.07) is 0. The minimum absolute atomic E-state index is 0.132. The van der Waals surface area contributed by atoms with E-state index in [1.54, 1.807) is 0 Å². The van der Waals surface area contributed by atoms with Crippen LogP contribution < -0.4 is 5.56 Å². The Morgan fingerprint density at radius 2 is 2.12 bits per heavy atom. The average Bonchev–Trinajstić information content (AvgIpc) is 2.62. The van der Waals surface area contributed by atoms with Crippen LogP contribution in [0.3, 0.4) is 0 Å². The number of hydrogen-bond donors (Lipinski definition) is 2. The lowest BCUT2D eigenvalue weighted by Gasteiger charge is -2.01. The SMILES string of the molecule is CCCc1nc2c(C(C)C)n[nH]c2c(=O)[nH]1. The van der Waals surface area contributed by atoms with Crippen LogP contribution in [0, 0.1) is 0 Å². The quantitative estimate of drug-likeness (QED) is 0.827. The number of hydrogen-bond acceptors (Lipinski definition) is 3. The number of H-pyrrole nitrogens is 2. The maximum absolute atomic E-state index is 11.7. The molecule has 2 aromatic rings. The van der Waals surface area contributed by atoms with E-state index in [9.17, 15) is 4.79 Å². The Balaban J connectivity index is 2.66. The number of aromatic amines is 2. The van der Waals surface area contributed by atoms with Crippen molar-refractivity contribution in [2.75, 3.05) is 0 Å². The molecular weight excluding hydrogens is 204 g/mol. The molecule has 5 heteroatoms. The zero-order valence-electron chi connectivity index (χ0n) is 9.79. The van der Waals surface area contributed by atoms with Crippen molar-refractivity contribution in [2.24, 2.45) is 0 Å². The number of fused-ring (bicyclic) bond motifs is 1. The molecule has 0 aliphatic carbocycles. The molecule has 0 saturated heterocycles. The molecule has 86 valence electrons. The fraction of sp³-hybridized carbons (Fsp3) is 0.545. The summed E-state index contributed by atoms with van der Waals surface area (Å²) in [5.74, 6) is 1.00. The van der Waals surface area contributed by atoms with E-state index in [-0.39, 0.29) is 11.5 Å². The lowest BCUT2D eigenvalue weighted by molar-refractivity contribution is 0.810.